The first-order valence-corrected chi connectivity index (χ1v) is 8.92. The molecule has 2 heteroatoms. The highest BCUT2D eigenvalue weighted by Gasteiger charge is 2.53. The number of hydrogen-bond donors (Lipinski definition) is 0. The third-order valence-corrected chi connectivity index (χ3v) is 6.41. The minimum absolute atomic E-state index is 0.370. The summed E-state index contributed by atoms with van der Waals surface area (Å²) in [5.74, 6) is 1.68. The molecule has 1 aromatic rings. The quantitative estimate of drug-likeness (QED) is 0.813. The van der Waals surface area contributed by atoms with Gasteiger partial charge >= 0.3 is 0 Å². The molecule has 1 saturated heterocycles. The van der Waals surface area contributed by atoms with Crippen molar-refractivity contribution in [1.29, 1.82) is 0 Å². The van der Waals surface area contributed by atoms with Gasteiger partial charge in [0.25, 0.3) is 0 Å². The van der Waals surface area contributed by atoms with E-state index in [9.17, 15) is 0 Å². The van der Waals surface area contributed by atoms with Crippen molar-refractivity contribution >= 4 is 0 Å². The third-order valence-electron chi connectivity index (χ3n) is 6.41. The van der Waals surface area contributed by atoms with E-state index in [1.807, 2.05) is 0 Å². The molecule has 0 N–H and O–H groups in total. The molecule has 3 aliphatic rings. The third kappa shape index (κ3) is 2.11. The zero-order chi connectivity index (χ0) is 16.2. The molecule has 1 heterocycles. The van der Waals surface area contributed by atoms with Crippen molar-refractivity contribution in [3.63, 3.8) is 0 Å². The number of ether oxygens (including phenoxy) is 1. The van der Waals surface area contributed by atoms with Gasteiger partial charge in [-0.05, 0) is 82.3 Å². The van der Waals surface area contributed by atoms with Crippen LogP contribution in [0.1, 0.15) is 58.4 Å². The summed E-state index contributed by atoms with van der Waals surface area (Å²) >= 11 is 0. The predicted octanol–water partition coefficient (Wildman–Crippen LogP) is 4.16. The maximum atomic E-state index is 8.03. The average Bonchev–Trinajstić information content (AvgIpc) is 2.50. The lowest BCUT2D eigenvalue weighted by Gasteiger charge is -2.58. The molecule has 0 spiro atoms. The maximum absolute atomic E-state index is 8.03. The second kappa shape index (κ2) is 5.26. The van der Waals surface area contributed by atoms with Gasteiger partial charge in [0.2, 0.25) is 0 Å². The van der Waals surface area contributed by atoms with E-state index in [1.54, 1.807) is 19.4 Å². The van der Waals surface area contributed by atoms with E-state index in [-0.39, 0.29) is 0 Å². The van der Waals surface area contributed by atoms with E-state index in [2.05, 4.69) is 30.1 Å². The van der Waals surface area contributed by atoms with E-state index in [1.165, 1.54) is 50.6 Å². The summed E-state index contributed by atoms with van der Waals surface area (Å²) in [6, 6.07) is 7.35. The average molecular weight is 300 g/mol. The van der Waals surface area contributed by atoms with E-state index < -0.39 is 6.08 Å². The van der Waals surface area contributed by atoms with Gasteiger partial charge in [0, 0.05) is 11.5 Å². The Morgan fingerprint density at radius 2 is 2.18 bits per heavy atom. The van der Waals surface area contributed by atoms with Gasteiger partial charge in [-0.25, -0.2) is 0 Å². The summed E-state index contributed by atoms with van der Waals surface area (Å²) in [7, 11) is 2.31. The summed E-state index contributed by atoms with van der Waals surface area (Å²) in [6.45, 7) is 4.83. The van der Waals surface area contributed by atoms with Gasteiger partial charge in [0.15, 0.2) is 0 Å². The number of likely N-dealkylation sites (tertiary alicyclic amines) is 1. The Hall–Kier alpha value is -1.02. The summed E-state index contributed by atoms with van der Waals surface area (Å²) < 4.78 is 13.9. The first-order valence-electron chi connectivity index (χ1n) is 9.42. The minimum Gasteiger partial charge on any atom is -0.491 e. The Morgan fingerprint density at radius 3 is 3.00 bits per heavy atom. The molecule has 22 heavy (non-hydrogen) atoms. The highest BCUT2D eigenvalue weighted by molar-refractivity contribution is 5.45. The van der Waals surface area contributed by atoms with Gasteiger partial charge in [0.05, 0.1) is 7.45 Å². The fraction of sp³-hybridized carbons (Fsp3) is 0.700. The number of fused-ring (bicyclic) bond motifs is 1. The smallest absolute Gasteiger partial charge is 0.119 e. The van der Waals surface area contributed by atoms with Crippen LogP contribution in [-0.4, -0.2) is 30.6 Å². The topological polar surface area (TPSA) is 12.5 Å². The van der Waals surface area contributed by atoms with Crippen LogP contribution in [-0.2, 0) is 11.8 Å². The lowest BCUT2D eigenvalue weighted by Crippen LogP contribution is -2.59. The normalized spacial score (nSPS) is 35.3. The Morgan fingerprint density at radius 1 is 1.32 bits per heavy atom. The highest BCUT2D eigenvalue weighted by atomic mass is 16.5. The van der Waals surface area contributed by atoms with Crippen LogP contribution >= 0.6 is 0 Å². The molecular formula is C20H29NO. The molecular weight excluding hydrogens is 270 g/mol. The van der Waals surface area contributed by atoms with Gasteiger partial charge in [-0.2, -0.15) is 0 Å². The van der Waals surface area contributed by atoms with Gasteiger partial charge in [-0.3, -0.25) is 0 Å². The van der Waals surface area contributed by atoms with Crippen LogP contribution in [0.2, 0.25) is 0 Å². The number of hydrogen-bond acceptors (Lipinski definition) is 2. The first-order chi connectivity index (χ1) is 10.9. The van der Waals surface area contributed by atoms with Crippen molar-refractivity contribution in [1.82, 2.24) is 4.90 Å². The van der Waals surface area contributed by atoms with Crippen LogP contribution in [0, 0.1) is 5.92 Å². The largest absolute Gasteiger partial charge is 0.491 e. The second-order valence-corrected chi connectivity index (χ2v) is 7.84. The molecule has 4 rings (SSSR count). The van der Waals surface area contributed by atoms with E-state index in [0.717, 1.165) is 17.7 Å². The van der Waals surface area contributed by atoms with Crippen molar-refractivity contribution < 1.29 is 6.11 Å². The molecule has 1 aromatic carbocycles. The predicted molar refractivity (Wildman–Crippen MR) is 90.6 cm³/mol. The van der Waals surface area contributed by atoms with Crippen LogP contribution in [0.15, 0.2) is 18.2 Å². The van der Waals surface area contributed by atoms with Gasteiger partial charge < -0.3 is 9.64 Å². The maximum Gasteiger partial charge on any atom is 0.119 e. The lowest BCUT2D eigenvalue weighted by molar-refractivity contribution is 0.00266. The van der Waals surface area contributed by atoms with Crippen molar-refractivity contribution in [3.05, 3.63) is 29.3 Å². The molecule has 0 amide bonds. The van der Waals surface area contributed by atoms with Crippen LogP contribution in [0.5, 0.6) is 5.75 Å². The molecule has 0 radical (unpaired) electrons. The Labute approximate surface area is 136 Å². The molecule has 120 valence electrons. The summed E-state index contributed by atoms with van der Waals surface area (Å²) in [4.78, 5) is 2.61. The monoisotopic (exact) mass is 300 g/mol. The summed E-state index contributed by atoms with van der Waals surface area (Å²) in [5.41, 5.74) is 3.44. The second-order valence-electron chi connectivity index (χ2n) is 7.84. The number of nitrogens with zero attached hydrogens (tertiary/aromatic N) is 1. The Kier molecular flexibility index (Phi) is 3.21. The van der Waals surface area contributed by atoms with Crippen LogP contribution < -0.4 is 4.74 Å². The summed E-state index contributed by atoms with van der Waals surface area (Å²) in [5, 5.41) is 0. The Balaban J connectivity index is 1.79. The van der Waals surface area contributed by atoms with Gasteiger partial charge in [0.1, 0.15) is 5.75 Å². The fourth-order valence-corrected chi connectivity index (χ4v) is 5.48. The van der Waals surface area contributed by atoms with E-state index in [0.29, 0.717) is 5.41 Å². The van der Waals surface area contributed by atoms with Crippen molar-refractivity contribution in [2.45, 2.75) is 69.9 Å². The highest BCUT2D eigenvalue weighted by Crippen LogP contribution is 2.55. The lowest BCUT2D eigenvalue weighted by atomic mass is 9.52. The van der Waals surface area contributed by atoms with Crippen molar-refractivity contribution in [2.24, 2.45) is 5.92 Å². The van der Waals surface area contributed by atoms with Gasteiger partial charge in [-0.15, -0.1) is 0 Å². The molecule has 2 nitrogen and oxygen atoms in total. The standard InChI is InChI=1S/C20H29NO/c1-14(2)22-16-8-7-15-12-19-17-6-4-5-9-20(17,18(15)13-16)10-11-21(19)3/h7-8,13-14,17,19H,4-6,9-12H2,1-3H3/t17-,19?,20-/m0/s1/i14D. The first kappa shape index (κ1) is 13.4. The SMILES string of the molecule is [2H]C(C)(C)Oc1ccc2c(c1)[C@]13CCCC[C@H]1C(C2)N(C)CC3. The minimum atomic E-state index is -0.873. The van der Waals surface area contributed by atoms with Crippen LogP contribution in [0.25, 0.3) is 0 Å². The molecule has 1 unspecified atom stereocenters. The van der Waals surface area contributed by atoms with Crippen LogP contribution in [0.4, 0.5) is 0 Å². The number of benzene rings is 1. The molecule has 1 aliphatic heterocycles. The Bertz CT molecular complexity index is 608. The van der Waals surface area contributed by atoms with Crippen molar-refractivity contribution in [2.75, 3.05) is 13.6 Å². The van der Waals surface area contributed by atoms with Crippen LogP contribution in [0.3, 0.4) is 0 Å². The number of rotatable bonds is 2. The van der Waals surface area contributed by atoms with Crippen molar-refractivity contribution in [3.8, 4) is 5.75 Å². The number of likely N-dealkylation sites (N-methyl/N-ethyl adjacent to an activating group) is 1. The molecule has 2 fully saturated rings. The number of piperidine rings is 1. The molecule has 3 atom stereocenters. The van der Waals surface area contributed by atoms with E-state index >= 15 is 0 Å². The molecule has 2 aliphatic carbocycles. The molecule has 0 aromatic heterocycles. The van der Waals surface area contributed by atoms with E-state index in [4.69, 9.17) is 6.11 Å². The summed E-state index contributed by atoms with van der Waals surface area (Å²) in [6.07, 6.45) is 7.06. The zero-order valence-corrected chi connectivity index (χ0v) is 14.2. The molecule has 1 saturated carbocycles. The molecule has 2 bridgehead atoms. The van der Waals surface area contributed by atoms with Gasteiger partial charge in [-0.1, -0.05) is 18.9 Å². The fourth-order valence-electron chi connectivity index (χ4n) is 5.48. The zero-order valence-electron chi connectivity index (χ0n) is 15.2.